The highest BCUT2D eigenvalue weighted by Crippen LogP contribution is 2.28. The van der Waals surface area contributed by atoms with Gasteiger partial charge < -0.3 is 15.0 Å². The van der Waals surface area contributed by atoms with Gasteiger partial charge >= 0.3 is 5.97 Å². The molecule has 2 aromatic carbocycles. The molecule has 1 saturated heterocycles. The molecule has 0 radical (unpaired) electrons. The molecule has 30 heavy (non-hydrogen) atoms. The van der Waals surface area contributed by atoms with Crippen LogP contribution in [0.15, 0.2) is 42.5 Å². The lowest BCUT2D eigenvalue weighted by Gasteiger charge is -2.30. The maximum Gasteiger partial charge on any atom is 0.341 e. The van der Waals surface area contributed by atoms with Gasteiger partial charge in [0, 0.05) is 31.8 Å². The van der Waals surface area contributed by atoms with Gasteiger partial charge in [-0.3, -0.25) is 14.9 Å². The average molecular weight is 411 g/mol. The highest BCUT2D eigenvalue weighted by Gasteiger charge is 2.23. The molecule has 1 aliphatic heterocycles. The van der Waals surface area contributed by atoms with Crippen LogP contribution < -0.4 is 10.2 Å². The van der Waals surface area contributed by atoms with Gasteiger partial charge in [0.15, 0.2) is 6.61 Å². The Morgan fingerprint density at radius 3 is 2.47 bits per heavy atom. The summed E-state index contributed by atoms with van der Waals surface area (Å²) in [6.45, 7) is 3.40. The monoisotopic (exact) mass is 411 g/mol. The number of aryl methyl sites for hydroxylation is 1. The molecule has 8 nitrogen and oxygen atoms in total. The number of hydrogen-bond donors (Lipinski definition) is 1. The molecule has 1 amide bonds. The van der Waals surface area contributed by atoms with Gasteiger partial charge in [0.1, 0.15) is 0 Å². The van der Waals surface area contributed by atoms with Gasteiger partial charge in [-0.15, -0.1) is 0 Å². The highest BCUT2D eigenvalue weighted by molar-refractivity contribution is 5.97. The summed E-state index contributed by atoms with van der Waals surface area (Å²) in [7, 11) is 0. The van der Waals surface area contributed by atoms with Gasteiger partial charge in [-0.25, -0.2) is 4.79 Å². The number of carbonyl (C=O) groups is 2. The number of hydrogen-bond acceptors (Lipinski definition) is 6. The van der Waals surface area contributed by atoms with E-state index in [1.807, 2.05) is 36.1 Å². The lowest BCUT2D eigenvalue weighted by atomic mass is 10.1. The molecule has 0 atom stereocenters. The van der Waals surface area contributed by atoms with Crippen molar-refractivity contribution in [3.8, 4) is 0 Å². The summed E-state index contributed by atoms with van der Waals surface area (Å²) in [5.41, 5.74) is 2.58. The third kappa shape index (κ3) is 5.56. The van der Waals surface area contributed by atoms with Gasteiger partial charge in [-0.2, -0.15) is 0 Å². The number of nitro benzene ring substituents is 1. The van der Waals surface area contributed by atoms with E-state index < -0.39 is 23.4 Å². The molecule has 1 aliphatic rings. The third-order valence-electron chi connectivity index (χ3n) is 5.05. The van der Waals surface area contributed by atoms with Crippen molar-refractivity contribution < 1.29 is 19.2 Å². The Bertz CT molecular complexity index is 921. The van der Waals surface area contributed by atoms with Gasteiger partial charge in [0.05, 0.1) is 16.2 Å². The van der Waals surface area contributed by atoms with Crippen LogP contribution in [0.3, 0.4) is 0 Å². The number of anilines is 1. The van der Waals surface area contributed by atoms with Gasteiger partial charge in [-0.05, 0) is 37.8 Å². The predicted octanol–water partition coefficient (Wildman–Crippen LogP) is 3.37. The number of benzene rings is 2. The quantitative estimate of drug-likeness (QED) is 0.426. The minimum absolute atomic E-state index is 0.109. The highest BCUT2D eigenvalue weighted by atomic mass is 16.6. The molecule has 0 spiro atoms. The topological polar surface area (TPSA) is 102 Å². The molecule has 0 saturated carbocycles. The molecule has 1 heterocycles. The van der Waals surface area contributed by atoms with E-state index in [0.717, 1.165) is 43.5 Å². The zero-order chi connectivity index (χ0) is 21.5. The van der Waals surface area contributed by atoms with E-state index in [2.05, 4.69) is 5.32 Å². The number of piperidine rings is 1. The second-order valence-corrected chi connectivity index (χ2v) is 7.34. The minimum atomic E-state index is -0.746. The van der Waals surface area contributed by atoms with Crippen LogP contribution in [0.5, 0.6) is 0 Å². The maximum atomic E-state index is 12.6. The van der Waals surface area contributed by atoms with E-state index >= 15 is 0 Å². The van der Waals surface area contributed by atoms with Crippen LogP contribution in [0.4, 0.5) is 11.4 Å². The first-order valence-corrected chi connectivity index (χ1v) is 9.97. The van der Waals surface area contributed by atoms with Crippen molar-refractivity contribution in [2.24, 2.45) is 0 Å². The zero-order valence-corrected chi connectivity index (χ0v) is 16.9. The molecular formula is C22H25N3O5. The van der Waals surface area contributed by atoms with Crippen LogP contribution in [0.2, 0.25) is 0 Å². The number of nitrogens with one attached hydrogen (secondary N) is 1. The number of amides is 1. The molecule has 3 rings (SSSR count). The van der Waals surface area contributed by atoms with Gasteiger partial charge in [0.2, 0.25) is 0 Å². The SMILES string of the molecule is Cc1ccc(CNC(=O)COC(=O)c2cc([N+](=O)[O-])ccc2N2CCCCC2)cc1. The van der Waals surface area contributed by atoms with Gasteiger partial charge in [-0.1, -0.05) is 29.8 Å². The molecule has 2 aromatic rings. The second kappa shape index (κ2) is 9.87. The van der Waals surface area contributed by atoms with Crippen LogP contribution in [0.25, 0.3) is 0 Å². The Morgan fingerprint density at radius 2 is 1.80 bits per heavy atom. The smallest absolute Gasteiger partial charge is 0.341 e. The third-order valence-corrected chi connectivity index (χ3v) is 5.05. The van der Waals surface area contributed by atoms with Crippen molar-refractivity contribution in [1.29, 1.82) is 0 Å². The summed E-state index contributed by atoms with van der Waals surface area (Å²) in [5.74, 6) is -1.18. The lowest BCUT2D eigenvalue weighted by molar-refractivity contribution is -0.384. The van der Waals surface area contributed by atoms with Crippen LogP contribution in [-0.2, 0) is 16.1 Å². The first kappa shape index (κ1) is 21.3. The Morgan fingerprint density at radius 1 is 1.10 bits per heavy atom. The fourth-order valence-electron chi connectivity index (χ4n) is 3.38. The second-order valence-electron chi connectivity index (χ2n) is 7.34. The molecule has 0 bridgehead atoms. The number of carbonyl (C=O) groups excluding carboxylic acids is 2. The first-order valence-electron chi connectivity index (χ1n) is 9.97. The summed E-state index contributed by atoms with van der Waals surface area (Å²) in [4.78, 5) is 37.3. The molecule has 1 N–H and O–H groups in total. The Labute approximate surface area is 175 Å². The summed E-state index contributed by atoms with van der Waals surface area (Å²) in [6.07, 6.45) is 3.10. The minimum Gasteiger partial charge on any atom is -0.452 e. The van der Waals surface area contributed by atoms with Crippen molar-refractivity contribution in [2.45, 2.75) is 32.7 Å². The Kier molecular flexibility index (Phi) is 7.00. The van der Waals surface area contributed by atoms with Crippen molar-refractivity contribution in [3.63, 3.8) is 0 Å². The van der Waals surface area contributed by atoms with E-state index in [-0.39, 0.29) is 11.3 Å². The van der Waals surface area contributed by atoms with Crippen LogP contribution in [0, 0.1) is 17.0 Å². The normalized spacial score (nSPS) is 13.6. The Balaban J connectivity index is 1.64. The largest absolute Gasteiger partial charge is 0.452 e. The van der Waals surface area contributed by atoms with E-state index in [1.165, 1.54) is 12.1 Å². The fourth-order valence-corrected chi connectivity index (χ4v) is 3.38. The van der Waals surface area contributed by atoms with Crippen molar-refractivity contribution in [2.75, 3.05) is 24.6 Å². The molecule has 0 unspecified atom stereocenters. The lowest BCUT2D eigenvalue weighted by Crippen LogP contribution is -2.32. The number of esters is 1. The number of ether oxygens (including phenoxy) is 1. The molecule has 158 valence electrons. The average Bonchev–Trinajstić information content (AvgIpc) is 2.77. The molecule has 1 fully saturated rings. The van der Waals surface area contributed by atoms with Crippen LogP contribution in [-0.4, -0.2) is 36.5 Å². The fraction of sp³-hybridized carbons (Fsp3) is 0.364. The summed E-state index contributed by atoms with van der Waals surface area (Å²) >= 11 is 0. The first-order chi connectivity index (χ1) is 14.4. The van der Waals surface area contributed by atoms with Crippen molar-refractivity contribution >= 4 is 23.3 Å². The van der Waals surface area contributed by atoms with Crippen LogP contribution >= 0.6 is 0 Å². The van der Waals surface area contributed by atoms with E-state index in [1.54, 1.807) is 6.07 Å². The molecular weight excluding hydrogens is 386 g/mol. The summed E-state index contributed by atoms with van der Waals surface area (Å²) in [6, 6.07) is 11.9. The number of non-ortho nitro benzene ring substituents is 1. The standard InChI is InChI=1S/C22H25N3O5/c1-16-5-7-17(8-6-16)14-23-21(26)15-30-22(27)19-13-18(25(28)29)9-10-20(19)24-11-3-2-4-12-24/h5-10,13H,2-4,11-12,14-15H2,1H3,(H,23,26). The molecule has 0 aromatic heterocycles. The zero-order valence-electron chi connectivity index (χ0n) is 16.9. The van der Waals surface area contributed by atoms with Gasteiger partial charge in [0.25, 0.3) is 11.6 Å². The van der Waals surface area contributed by atoms with E-state index in [4.69, 9.17) is 4.74 Å². The van der Waals surface area contributed by atoms with E-state index in [9.17, 15) is 19.7 Å². The summed E-state index contributed by atoms with van der Waals surface area (Å²) < 4.78 is 5.16. The van der Waals surface area contributed by atoms with Crippen LogP contribution in [0.1, 0.15) is 40.7 Å². The summed E-state index contributed by atoms with van der Waals surface area (Å²) in [5, 5.41) is 13.8. The Hall–Kier alpha value is -3.42. The van der Waals surface area contributed by atoms with E-state index in [0.29, 0.717) is 12.2 Å². The maximum absolute atomic E-state index is 12.6. The predicted molar refractivity (Wildman–Crippen MR) is 112 cm³/mol. The van der Waals surface area contributed by atoms with Crippen molar-refractivity contribution in [3.05, 3.63) is 69.3 Å². The number of rotatable bonds is 7. The molecule has 0 aliphatic carbocycles. The van der Waals surface area contributed by atoms with Crippen molar-refractivity contribution in [1.82, 2.24) is 5.32 Å². The number of nitro groups is 1. The molecule has 8 heteroatoms. The number of nitrogens with zero attached hydrogens (tertiary/aromatic N) is 2.